The molecule has 0 saturated carbocycles. The first-order valence-corrected chi connectivity index (χ1v) is 6.80. The van der Waals surface area contributed by atoms with Crippen LogP contribution in [-0.2, 0) is 0 Å². The van der Waals surface area contributed by atoms with Crippen LogP contribution in [0.3, 0.4) is 0 Å². The summed E-state index contributed by atoms with van der Waals surface area (Å²) >= 11 is 1.88. The van der Waals surface area contributed by atoms with E-state index in [1.165, 1.54) is 12.8 Å². The molecule has 0 amide bonds. The van der Waals surface area contributed by atoms with Crippen molar-refractivity contribution in [2.45, 2.75) is 30.6 Å². The van der Waals surface area contributed by atoms with Gasteiger partial charge < -0.3 is 9.84 Å². The van der Waals surface area contributed by atoms with Crippen molar-refractivity contribution in [3.63, 3.8) is 0 Å². The van der Waals surface area contributed by atoms with Crippen LogP contribution in [0.15, 0.2) is 24.3 Å². The van der Waals surface area contributed by atoms with Gasteiger partial charge in [-0.15, -0.1) is 0 Å². The molecule has 1 N–H and O–H groups in total. The molecule has 0 aromatic heterocycles. The quantitative estimate of drug-likeness (QED) is 0.877. The zero-order valence-corrected chi connectivity index (χ0v) is 10.4. The molecule has 2 nitrogen and oxygen atoms in total. The van der Waals surface area contributed by atoms with Crippen LogP contribution < -0.4 is 4.74 Å². The van der Waals surface area contributed by atoms with E-state index >= 15 is 0 Å². The van der Waals surface area contributed by atoms with Crippen LogP contribution in [0.4, 0.5) is 0 Å². The van der Waals surface area contributed by atoms with Gasteiger partial charge >= 0.3 is 0 Å². The zero-order valence-electron chi connectivity index (χ0n) is 9.56. The van der Waals surface area contributed by atoms with Gasteiger partial charge in [0.2, 0.25) is 0 Å². The molecule has 1 fully saturated rings. The average Bonchev–Trinajstić information content (AvgIpc) is 2.39. The molecule has 2 unspecified atom stereocenters. The smallest absolute Gasteiger partial charge is 0.124 e. The van der Waals surface area contributed by atoms with Crippen LogP contribution in [0.2, 0.25) is 0 Å². The van der Waals surface area contributed by atoms with Crippen LogP contribution >= 0.6 is 11.8 Å². The normalized spacial score (nSPS) is 22.8. The topological polar surface area (TPSA) is 29.5 Å². The minimum absolute atomic E-state index is 0.324. The van der Waals surface area contributed by atoms with E-state index in [4.69, 9.17) is 4.74 Å². The van der Waals surface area contributed by atoms with Gasteiger partial charge in [-0.2, -0.15) is 11.8 Å². The van der Waals surface area contributed by atoms with E-state index < -0.39 is 6.10 Å². The number of para-hydroxylation sites is 1. The van der Waals surface area contributed by atoms with Crippen molar-refractivity contribution in [3.05, 3.63) is 29.8 Å². The lowest BCUT2D eigenvalue weighted by molar-refractivity contribution is 0.164. The van der Waals surface area contributed by atoms with Gasteiger partial charge in [0.05, 0.1) is 13.2 Å². The van der Waals surface area contributed by atoms with Gasteiger partial charge in [-0.3, -0.25) is 0 Å². The highest BCUT2D eigenvalue weighted by atomic mass is 32.2. The van der Waals surface area contributed by atoms with Crippen LogP contribution in [0.1, 0.15) is 30.9 Å². The average molecular weight is 238 g/mol. The van der Waals surface area contributed by atoms with Crippen molar-refractivity contribution in [2.24, 2.45) is 0 Å². The number of hydrogen-bond donors (Lipinski definition) is 1. The van der Waals surface area contributed by atoms with Gasteiger partial charge in [0.25, 0.3) is 0 Å². The molecule has 1 heterocycles. The van der Waals surface area contributed by atoms with Crippen LogP contribution in [0.5, 0.6) is 5.75 Å². The summed E-state index contributed by atoms with van der Waals surface area (Å²) in [7, 11) is 1.65. The summed E-state index contributed by atoms with van der Waals surface area (Å²) < 4.78 is 5.29. The SMILES string of the molecule is COc1ccccc1C(O)C1CCCCS1. The second-order valence-corrected chi connectivity index (χ2v) is 5.44. The predicted molar refractivity (Wildman–Crippen MR) is 68.1 cm³/mol. The number of aliphatic hydroxyl groups excluding tert-OH is 1. The van der Waals surface area contributed by atoms with E-state index in [-0.39, 0.29) is 0 Å². The van der Waals surface area contributed by atoms with E-state index in [1.54, 1.807) is 7.11 Å². The molecule has 1 saturated heterocycles. The second-order valence-electron chi connectivity index (χ2n) is 4.09. The van der Waals surface area contributed by atoms with Gasteiger partial charge in [-0.1, -0.05) is 24.6 Å². The Morgan fingerprint density at radius 1 is 1.38 bits per heavy atom. The molecule has 2 rings (SSSR count). The Balaban J connectivity index is 2.15. The Labute approximate surface area is 101 Å². The highest BCUT2D eigenvalue weighted by molar-refractivity contribution is 7.99. The number of thioether (sulfide) groups is 1. The second kappa shape index (κ2) is 5.60. The Morgan fingerprint density at radius 3 is 2.88 bits per heavy atom. The third-order valence-electron chi connectivity index (χ3n) is 3.02. The molecule has 88 valence electrons. The number of benzene rings is 1. The molecule has 0 spiro atoms. The minimum atomic E-state index is -0.401. The van der Waals surface area contributed by atoms with E-state index in [0.717, 1.165) is 23.5 Å². The summed E-state index contributed by atoms with van der Waals surface area (Å²) in [4.78, 5) is 0. The zero-order chi connectivity index (χ0) is 11.4. The van der Waals surface area contributed by atoms with Crippen molar-refractivity contribution in [1.82, 2.24) is 0 Å². The maximum Gasteiger partial charge on any atom is 0.124 e. The number of ether oxygens (including phenoxy) is 1. The lowest BCUT2D eigenvalue weighted by Crippen LogP contribution is -2.19. The Hall–Kier alpha value is -0.670. The molecule has 0 aliphatic carbocycles. The largest absolute Gasteiger partial charge is 0.496 e. The van der Waals surface area contributed by atoms with E-state index in [1.807, 2.05) is 36.0 Å². The summed E-state index contributed by atoms with van der Waals surface area (Å²) in [6.45, 7) is 0. The molecule has 1 aromatic rings. The van der Waals surface area contributed by atoms with Crippen LogP contribution in [0, 0.1) is 0 Å². The number of hydrogen-bond acceptors (Lipinski definition) is 3. The molecular formula is C13H18O2S. The first kappa shape index (κ1) is 11.8. The Kier molecular flexibility index (Phi) is 4.13. The first-order chi connectivity index (χ1) is 7.83. The fraction of sp³-hybridized carbons (Fsp3) is 0.538. The van der Waals surface area contributed by atoms with Crippen LogP contribution in [-0.4, -0.2) is 23.2 Å². The van der Waals surface area contributed by atoms with Crippen molar-refractivity contribution < 1.29 is 9.84 Å². The fourth-order valence-electron chi connectivity index (χ4n) is 2.13. The van der Waals surface area contributed by atoms with Crippen LogP contribution in [0.25, 0.3) is 0 Å². The Morgan fingerprint density at radius 2 is 2.19 bits per heavy atom. The van der Waals surface area contributed by atoms with Gasteiger partial charge in [0, 0.05) is 10.8 Å². The summed E-state index contributed by atoms with van der Waals surface area (Å²) in [5.74, 6) is 1.96. The molecule has 3 heteroatoms. The molecule has 0 bridgehead atoms. The monoisotopic (exact) mass is 238 g/mol. The molecule has 16 heavy (non-hydrogen) atoms. The fourth-order valence-corrected chi connectivity index (χ4v) is 3.46. The molecule has 1 aliphatic rings. The lowest BCUT2D eigenvalue weighted by atomic mass is 10.0. The van der Waals surface area contributed by atoms with Gasteiger partial charge in [-0.25, -0.2) is 0 Å². The van der Waals surface area contributed by atoms with E-state index in [9.17, 15) is 5.11 Å². The molecular weight excluding hydrogens is 220 g/mol. The van der Waals surface area contributed by atoms with Gasteiger partial charge in [-0.05, 0) is 24.7 Å². The summed E-state index contributed by atoms with van der Waals surface area (Å²) in [6.07, 6.45) is 3.20. The first-order valence-electron chi connectivity index (χ1n) is 5.75. The number of methoxy groups -OCH3 is 1. The highest BCUT2D eigenvalue weighted by Crippen LogP contribution is 2.37. The van der Waals surface area contributed by atoms with Gasteiger partial charge in [0.15, 0.2) is 0 Å². The lowest BCUT2D eigenvalue weighted by Gasteiger charge is -2.27. The molecule has 1 aromatic carbocycles. The third kappa shape index (κ3) is 2.53. The van der Waals surface area contributed by atoms with E-state index in [0.29, 0.717) is 5.25 Å². The molecule has 2 atom stereocenters. The summed E-state index contributed by atoms with van der Waals surface area (Å²) in [5, 5.41) is 10.7. The maximum atomic E-state index is 10.4. The third-order valence-corrected chi connectivity index (χ3v) is 4.47. The standard InChI is InChI=1S/C13H18O2S/c1-15-11-7-3-2-6-10(11)13(14)12-8-4-5-9-16-12/h2-3,6-7,12-14H,4-5,8-9H2,1H3. The summed E-state index contributed by atoms with van der Waals surface area (Å²) in [5.41, 5.74) is 0.921. The van der Waals surface area contributed by atoms with Gasteiger partial charge in [0.1, 0.15) is 5.75 Å². The van der Waals surface area contributed by atoms with Crippen molar-refractivity contribution in [2.75, 3.05) is 12.9 Å². The van der Waals surface area contributed by atoms with E-state index in [2.05, 4.69) is 0 Å². The Bertz CT molecular complexity index is 334. The van der Waals surface area contributed by atoms with Crippen molar-refractivity contribution in [3.8, 4) is 5.75 Å². The number of aliphatic hydroxyl groups is 1. The number of rotatable bonds is 3. The minimum Gasteiger partial charge on any atom is -0.496 e. The van der Waals surface area contributed by atoms with Crippen molar-refractivity contribution >= 4 is 11.8 Å². The molecule has 0 radical (unpaired) electrons. The molecule has 1 aliphatic heterocycles. The maximum absolute atomic E-state index is 10.4. The summed E-state index contributed by atoms with van der Waals surface area (Å²) in [6, 6.07) is 7.75. The predicted octanol–water partition coefficient (Wildman–Crippen LogP) is 3.01. The van der Waals surface area contributed by atoms with Crippen molar-refractivity contribution in [1.29, 1.82) is 0 Å². The highest BCUT2D eigenvalue weighted by Gasteiger charge is 2.25.